The van der Waals surface area contributed by atoms with Crippen molar-refractivity contribution in [3.63, 3.8) is 0 Å². The molecule has 2 rings (SSSR count). The predicted octanol–water partition coefficient (Wildman–Crippen LogP) is 2.06. The van der Waals surface area contributed by atoms with Crippen LogP contribution in [0.2, 0.25) is 0 Å². The van der Waals surface area contributed by atoms with Crippen LogP contribution in [0.4, 0.5) is 5.69 Å². The molecule has 0 unspecified atom stereocenters. The van der Waals surface area contributed by atoms with Gasteiger partial charge in [0.2, 0.25) is 0 Å². The second-order valence-electron chi connectivity index (χ2n) is 2.92. The molecule has 3 N–H and O–H groups in total. The lowest BCUT2D eigenvalue weighted by Gasteiger charge is -1.98. The van der Waals surface area contributed by atoms with Gasteiger partial charge < -0.3 is 10.7 Å². The molecule has 2 aromatic rings. The molecule has 0 saturated carbocycles. The van der Waals surface area contributed by atoms with Crippen LogP contribution in [0.5, 0.6) is 0 Å². The predicted molar refractivity (Wildman–Crippen MR) is 65.3 cm³/mol. The molecule has 15 heavy (non-hydrogen) atoms. The van der Waals surface area contributed by atoms with E-state index in [2.05, 4.69) is 27.6 Å². The number of nitrogens with zero attached hydrogens (tertiary/aromatic N) is 2. The second kappa shape index (κ2) is 4.16. The Bertz CT molecular complexity index is 461. The van der Waals surface area contributed by atoms with Gasteiger partial charge in [0, 0.05) is 6.20 Å². The maximum absolute atomic E-state index is 5.69. The molecular formula is C9H10N4S2. The van der Waals surface area contributed by atoms with Crippen molar-refractivity contribution in [2.45, 2.75) is 10.2 Å². The minimum Gasteiger partial charge on any atom is -0.397 e. The summed E-state index contributed by atoms with van der Waals surface area (Å²) >= 11 is 5.69. The van der Waals surface area contributed by atoms with Gasteiger partial charge in [0.25, 0.3) is 0 Å². The van der Waals surface area contributed by atoms with Crippen molar-refractivity contribution in [1.82, 2.24) is 15.0 Å². The van der Waals surface area contributed by atoms with E-state index in [1.54, 1.807) is 6.20 Å². The number of rotatable bonds is 2. The number of thiol groups is 1. The SMILES string of the molecule is CSc1nccc(-c2cc(N)c(S)[nH]2)n1. The van der Waals surface area contributed by atoms with E-state index in [9.17, 15) is 0 Å². The number of nitrogens with one attached hydrogen (secondary N) is 1. The van der Waals surface area contributed by atoms with E-state index >= 15 is 0 Å². The molecule has 0 saturated heterocycles. The summed E-state index contributed by atoms with van der Waals surface area (Å²) in [4.78, 5) is 11.5. The Kier molecular flexibility index (Phi) is 2.88. The van der Waals surface area contributed by atoms with Crippen LogP contribution < -0.4 is 5.73 Å². The van der Waals surface area contributed by atoms with E-state index < -0.39 is 0 Å². The first-order valence-corrected chi connectivity index (χ1v) is 5.92. The van der Waals surface area contributed by atoms with Crippen molar-refractivity contribution in [3.05, 3.63) is 18.3 Å². The Morgan fingerprint density at radius 3 is 2.93 bits per heavy atom. The number of thioether (sulfide) groups is 1. The van der Waals surface area contributed by atoms with Gasteiger partial charge in [0.15, 0.2) is 5.16 Å². The number of H-pyrrole nitrogens is 1. The minimum atomic E-state index is 0.623. The second-order valence-corrected chi connectivity index (χ2v) is 4.14. The number of nitrogen functional groups attached to an aromatic ring is 1. The molecule has 0 aliphatic carbocycles. The van der Waals surface area contributed by atoms with Gasteiger partial charge >= 0.3 is 0 Å². The van der Waals surface area contributed by atoms with Crippen molar-refractivity contribution in [1.29, 1.82) is 0 Å². The monoisotopic (exact) mass is 238 g/mol. The van der Waals surface area contributed by atoms with Crippen molar-refractivity contribution in [3.8, 4) is 11.4 Å². The van der Waals surface area contributed by atoms with Gasteiger partial charge in [-0.2, -0.15) is 0 Å². The third-order valence-corrected chi connectivity index (χ3v) is 2.85. The van der Waals surface area contributed by atoms with E-state index in [0.717, 1.165) is 16.5 Å². The van der Waals surface area contributed by atoms with Crippen LogP contribution in [-0.4, -0.2) is 21.2 Å². The number of nitrogens with two attached hydrogens (primary N) is 1. The molecule has 4 nitrogen and oxygen atoms in total. The lowest BCUT2D eigenvalue weighted by Crippen LogP contribution is -1.88. The number of aromatic nitrogens is 3. The average molecular weight is 238 g/mol. The van der Waals surface area contributed by atoms with Crippen LogP contribution in [-0.2, 0) is 0 Å². The van der Waals surface area contributed by atoms with Crippen LogP contribution in [0, 0.1) is 0 Å². The summed E-state index contributed by atoms with van der Waals surface area (Å²) in [5, 5.41) is 1.40. The highest BCUT2D eigenvalue weighted by molar-refractivity contribution is 7.98. The van der Waals surface area contributed by atoms with E-state index in [1.807, 2.05) is 18.4 Å². The molecule has 0 aliphatic rings. The Morgan fingerprint density at radius 2 is 2.33 bits per heavy atom. The van der Waals surface area contributed by atoms with Crippen molar-refractivity contribution in [2.24, 2.45) is 0 Å². The highest BCUT2D eigenvalue weighted by Crippen LogP contribution is 2.24. The van der Waals surface area contributed by atoms with Gasteiger partial charge in [-0.3, -0.25) is 0 Å². The molecule has 0 aromatic carbocycles. The maximum Gasteiger partial charge on any atom is 0.187 e. The molecule has 0 spiro atoms. The van der Waals surface area contributed by atoms with Crippen molar-refractivity contribution < 1.29 is 0 Å². The Labute approximate surface area is 97.1 Å². The summed E-state index contributed by atoms with van der Waals surface area (Å²) < 4.78 is 0. The molecule has 0 atom stereocenters. The number of hydrogen-bond donors (Lipinski definition) is 3. The zero-order valence-electron chi connectivity index (χ0n) is 8.06. The molecule has 0 aliphatic heterocycles. The van der Waals surface area contributed by atoms with E-state index in [1.165, 1.54) is 11.8 Å². The molecule has 2 aromatic heterocycles. The third-order valence-electron chi connectivity index (χ3n) is 1.92. The van der Waals surface area contributed by atoms with Crippen LogP contribution in [0.25, 0.3) is 11.4 Å². The van der Waals surface area contributed by atoms with Gasteiger partial charge in [0.05, 0.1) is 22.1 Å². The topological polar surface area (TPSA) is 67.6 Å². The highest BCUT2D eigenvalue weighted by atomic mass is 32.2. The van der Waals surface area contributed by atoms with Crippen molar-refractivity contribution >= 4 is 30.1 Å². The lowest BCUT2D eigenvalue weighted by molar-refractivity contribution is 0.970. The van der Waals surface area contributed by atoms with Gasteiger partial charge in [-0.25, -0.2) is 9.97 Å². The maximum atomic E-state index is 5.69. The summed E-state index contributed by atoms with van der Waals surface area (Å²) in [6, 6.07) is 3.65. The van der Waals surface area contributed by atoms with Crippen LogP contribution in [0.3, 0.4) is 0 Å². The molecule has 2 heterocycles. The molecular weight excluding hydrogens is 228 g/mol. The highest BCUT2D eigenvalue weighted by Gasteiger charge is 2.06. The molecule has 0 amide bonds. The summed E-state index contributed by atoms with van der Waals surface area (Å²) in [5.41, 5.74) is 7.99. The van der Waals surface area contributed by atoms with E-state index in [0.29, 0.717) is 10.7 Å². The first kappa shape index (κ1) is 10.4. The third kappa shape index (κ3) is 2.10. The summed E-state index contributed by atoms with van der Waals surface area (Å²) in [5.74, 6) is 0. The van der Waals surface area contributed by atoms with E-state index in [-0.39, 0.29) is 0 Å². The Hall–Kier alpha value is -1.14. The smallest absolute Gasteiger partial charge is 0.187 e. The fourth-order valence-electron chi connectivity index (χ4n) is 1.19. The zero-order chi connectivity index (χ0) is 10.8. The number of anilines is 1. The molecule has 6 heteroatoms. The Morgan fingerprint density at radius 1 is 1.53 bits per heavy atom. The quantitative estimate of drug-likeness (QED) is 0.425. The normalized spacial score (nSPS) is 10.5. The van der Waals surface area contributed by atoms with Crippen LogP contribution >= 0.6 is 24.4 Å². The minimum absolute atomic E-state index is 0.623. The fraction of sp³-hybridized carbons (Fsp3) is 0.111. The van der Waals surface area contributed by atoms with E-state index in [4.69, 9.17) is 5.73 Å². The largest absolute Gasteiger partial charge is 0.397 e. The summed E-state index contributed by atoms with van der Waals surface area (Å²) in [6.07, 6.45) is 3.66. The van der Waals surface area contributed by atoms with Gasteiger partial charge in [-0.15, -0.1) is 12.6 Å². The molecule has 0 bridgehead atoms. The number of hydrogen-bond acceptors (Lipinski definition) is 5. The molecule has 0 radical (unpaired) electrons. The molecule has 0 fully saturated rings. The summed E-state index contributed by atoms with van der Waals surface area (Å²) in [6.45, 7) is 0. The molecule has 78 valence electrons. The zero-order valence-corrected chi connectivity index (χ0v) is 9.77. The standard InChI is InChI=1S/C9H10N4S2/c1-15-9-11-3-2-6(13-9)7-4-5(10)8(14)12-7/h2-4,12,14H,10H2,1H3. The Balaban J connectivity index is 2.44. The van der Waals surface area contributed by atoms with Gasteiger partial charge in [-0.1, -0.05) is 11.8 Å². The van der Waals surface area contributed by atoms with Crippen LogP contribution in [0.15, 0.2) is 28.5 Å². The first-order chi connectivity index (χ1) is 7.20. The average Bonchev–Trinajstić information content (AvgIpc) is 2.59. The van der Waals surface area contributed by atoms with Gasteiger partial charge in [0.1, 0.15) is 0 Å². The lowest BCUT2D eigenvalue weighted by atomic mass is 10.3. The van der Waals surface area contributed by atoms with Crippen LogP contribution in [0.1, 0.15) is 0 Å². The first-order valence-electron chi connectivity index (χ1n) is 4.25. The summed E-state index contributed by atoms with van der Waals surface area (Å²) in [7, 11) is 0. The van der Waals surface area contributed by atoms with Gasteiger partial charge in [-0.05, 0) is 18.4 Å². The number of aromatic amines is 1. The van der Waals surface area contributed by atoms with Crippen molar-refractivity contribution in [2.75, 3.05) is 12.0 Å². The fourth-order valence-corrected chi connectivity index (χ4v) is 1.73.